The van der Waals surface area contributed by atoms with Crippen molar-refractivity contribution in [3.63, 3.8) is 0 Å². The lowest BCUT2D eigenvalue weighted by Crippen LogP contribution is -2.45. The van der Waals surface area contributed by atoms with Crippen LogP contribution >= 0.6 is 23.4 Å². The SMILES string of the molecule is COc1ccc2ncc(Cl)c([C@H](O)CCC3([C@@H](O)CCSc4cccnc4)CCNCC3)c2c1. The van der Waals surface area contributed by atoms with Gasteiger partial charge in [-0.1, -0.05) is 11.6 Å². The molecule has 0 amide bonds. The van der Waals surface area contributed by atoms with Crippen molar-refractivity contribution in [2.75, 3.05) is 26.0 Å². The molecule has 0 spiro atoms. The predicted octanol–water partition coefficient (Wildman–Crippen LogP) is 5.02. The summed E-state index contributed by atoms with van der Waals surface area (Å²) in [6, 6.07) is 9.57. The van der Waals surface area contributed by atoms with Crippen molar-refractivity contribution < 1.29 is 14.9 Å². The number of hydrogen-bond acceptors (Lipinski definition) is 7. The normalized spacial score (nSPS) is 17.4. The Morgan fingerprint density at radius 2 is 2.00 bits per heavy atom. The van der Waals surface area contributed by atoms with E-state index in [1.54, 1.807) is 31.3 Å². The maximum atomic E-state index is 11.3. The Labute approximate surface area is 210 Å². The van der Waals surface area contributed by atoms with E-state index in [0.717, 1.165) is 53.9 Å². The van der Waals surface area contributed by atoms with E-state index in [0.29, 0.717) is 29.2 Å². The van der Waals surface area contributed by atoms with E-state index in [-0.39, 0.29) is 5.41 Å². The molecule has 1 aromatic carbocycles. The fraction of sp³-hybridized carbons (Fsp3) is 0.462. The number of benzene rings is 1. The number of rotatable bonds is 10. The van der Waals surface area contributed by atoms with Crippen molar-refractivity contribution in [2.24, 2.45) is 5.41 Å². The summed E-state index contributed by atoms with van der Waals surface area (Å²) in [5, 5.41) is 27.2. The van der Waals surface area contributed by atoms with Crippen LogP contribution in [0.25, 0.3) is 10.9 Å². The second kappa shape index (κ2) is 11.7. The van der Waals surface area contributed by atoms with Gasteiger partial charge in [0.05, 0.1) is 29.9 Å². The third kappa shape index (κ3) is 5.83. The number of pyridine rings is 2. The summed E-state index contributed by atoms with van der Waals surface area (Å²) < 4.78 is 5.37. The fourth-order valence-corrected chi connectivity index (χ4v) is 6.07. The van der Waals surface area contributed by atoms with Gasteiger partial charge in [-0.15, -0.1) is 11.8 Å². The molecule has 8 heteroatoms. The molecule has 3 aromatic rings. The molecule has 0 radical (unpaired) electrons. The van der Waals surface area contributed by atoms with Gasteiger partial charge in [0.2, 0.25) is 0 Å². The smallest absolute Gasteiger partial charge is 0.119 e. The Balaban J connectivity index is 1.47. The van der Waals surface area contributed by atoms with Crippen LogP contribution in [0.4, 0.5) is 0 Å². The first-order chi connectivity index (χ1) is 16.5. The van der Waals surface area contributed by atoms with Gasteiger partial charge in [-0.25, -0.2) is 0 Å². The van der Waals surface area contributed by atoms with E-state index in [2.05, 4.69) is 15.3 Å². The maximum absolute atomic E-state index is 11.3. The largest absolute Gasteiger partial charge is 0.497 e. The lowest BCUT2D eigenvalue weighted by molar-refractivity contribution is -0.0165. The first-order valence-electron chi connectivity index (χ1n) is 11.7. The summed E-state index contributed by atoms with van der Waals surface area (Å²) in [5.74, 6) is 1.52. The number of methoxy groups -OCH3 is 1. The second-order valence-electron chi connectivity index (χ2n) is 8.91. The Kier molecular flexibility index (Phi) is 8.66. The van der Waals surface area contributed by atoms with Crippen molar-refractivity contribution in [1.82, 2.24) is 15.3 Å². The van der Waals surface area contributed by atoms with Gasteiger partial charge >= 0.3 is 0 Å². The highest BCUT2D eigenvalue weighted by Crippen LogP contribution is 2.43. The number of halogens is 1. The number of nitrogens with one attached hydrogen (secondary N) is 1. The van der Waals surface area contributed by atoms with Crippen LogP contribution in [0.5, 0.6) is 5.75 Å². The molecule has 1 fully saturated rings. The summed E-state index contributed by atoms with van der Waals surface area (Å²) >= 11 is 8.22. The molecule has 0 aliphatic carbocycles. The molecule has 2 atom stereocenters. The van der Waals surface area contributed by atoms with Crippen LogP contribution in [0, 0.1) is 5.41 Å². The van der Waals surface area contributed by atoms with E-state index in [1.165, 1.54) is 0 Å². The lowest BCUT2D eigenvalue weighted by atomic mass is 9.69. The highest BCUT2D eigenvalue weighted by atomic mass is 35.5. The third-order valence-corrected chi connectivity index (χ3v) is 8.23. The molecule has 3 N–H and O–H groups in total. The van der Waals surface area contributed by atoms with Crippen LogP contribution in [0.15, 0.2) is 53.8 Å². The molecule has 0 saturated carbocycles. The van der Waals surface area contributed by atoms with Gasteiger partial charge in [0.1, 0.15) is 5.75 Å². The molecule has 2 aromatic heterocycles. The number of aliphatic hydroxyl groups excluding tert-OH is 2. The van der Waals surface area contributed by atoms with Crippen molar-refractivity contribution in [1.29, 1.82) is 0 Å². The zero-order chi connectivity index (χ0) is 24.0. The van der Waals surface area contributed by atoms with Crippen molar-refractivity contribution in [3.8, 4) is 5.75 Å². The first kappa shape index (κ1) is 25.2. The Morgan fingerprint density at radius 1 is 1.18 bits per heavy atom. The number of nitrogens with zero attached hydrogens (tertiary/aromatic N) is 2. The van der Waals surface area contributed by atoms with E-state index in [9.17, 15) is 10.2 Å². The van der Waals surface area contributed by atoms with Gasteiger partial charge in [0.25, 0.3) is 0 Å². The monoisotopic (exact) mass is 501 g/mol. The van der Waals surface area contributed by atoms with Gasteiger partial charge in [-0.2, -0.15) is 0 Å². The van der Waals surface area contributed by atoms with Crippen LogP contribution in [0.1, 0.15) is 43.8 Å². The number of hydrogen-bond donors (Lipinski definition) is 3. The summed E-state index contributed by atoms with van der Waals surface area (Å²) in [6.45, 7) is 1.75. The van der Waals surface area contributed by atoms with Crippen LogP contribution in [-0.4, -0.2) is 52.2 Å². The molecule has 4 rings (SSSR count). The Bertz CT molecular complexity index is 1080. The lowest BCUT2D eigenvalue weighted by Gasteiger charge is -2.42. The highest BCUT2D eigenvalue weighted by Gasteiger charge is 2.39. The standard InChI is InChI=1S/C26H32ClN3O3S/c1-33-18-4-5-22-20(15-18)25(21(27)17-30-22)23(31)6-8-26(9-12-28-13-10-26)24(32)7-14-34-19-3-2-11-29-16-19/h2-5,11,15-17,23-24,28,31-32H,6-10,12-14H2,1H3/t23-,24+/m1/s1. The zero-order valence-electron chi connectivity index (χ0n) is 19.4. The molecule has 0 bridgehead atoms. The minimum absolute atomic E-state index is 0.227. The number of thioether (sulfide) groups is 1. The van der Waals surface area contributed by atoms with Gasteiger partial charge < -0.3 is 20.3 Å². The number of fused-ring (bicyclic) bond motifs is 1. The van der Waals surface area contributed by atoms with Crippen LogP contribution in [0.2, 0.25) is 5.02 Å². The maximum Gasteiger partial charge on any atom is 0.119 e. The topological polar surface area (TPSA) is 87.5 Å². The van der Waals surface area contributed by atoms with Crippen molar-refractivity contribution >= 4 is 34.3 Å². The van der Waals surface area contributed by atoms with Crippen LogP contribution < -0.4 is 10.1 Å². The van der Waals surface area contributed by atoms with E-state index in [4.69, 9.17) is 16.3 Å². The summed E-state index contributed by atoms with van der Waals surface area (Å²) in [7, 11) is 1.62. The second-order valence-corrected chi connectivity index (χ2v) is 10.5. The Hall–Kier alpha value is -1.90. The third-order valence-electron chi connectivity index (χ3n) is 6.92. The van der Waals surface area contributed by atoms with E-state index >= 15 is 0 Å². The van der Waals surface area contributed by atoms with Gasteiger partial charge in [-0.05, 0) is 80.9 Å². The average Bonchev–Trinajstić information content (AvgIpc) is 2.88. The average molecular weight is 502 g/mol. The quantitative estimate of drug-likeness (QED) is 0.336. The number of piperidine rings is 1. The molecule has 1 aliphatic rings. The van der Waals surface area contributed by atoms with Crippen LogP contribution in [0.3, 0.4) is 0 Å². The van der Waals surface area contributed by atoms with Crippen LogP contribution in [-0.2, 0) is 0 Å². The first-order valence-corrected chi connectivity index (χ1v) is 13.1. The number of aromatic nitrogens is 2. The Morgan fingerprint density at radius 3 is 2.74 bits per heavy atom. The molecular weight excluding hydrogens is 470 g/mol. The molecule has 1 aliphatic heterocycles. The number of aliphatic hydroxyl groups is 2. The molecule has 0 unspecified atom stereocenters. The number of ether oxygens (including phenoxy) is 1. The molecule has 3 heterocycles. The highest BCUT2D eigenvalue weighted by molar-refractivity contribution is 7.99. The van der Waals surface area contributed by atoms with Crippen molar-refractivity contribution in [2.45, 2.75) is 49.2 Å². The van der Waals surface area contributed by atoms with E-state index in [1.807, 2.05) is 36.5 Å². The van der Waals surface area contributed by atoms with Crippen molar-refractivity contribution in [3.05, 3.63) is 59.5 Å². The fourth-order valence-electron chi connectivity index (χ4n) is 4.90. The molecule has 1 saturated heterocycles. The van der Waals surface area contributed by atoms with Gasteiger partial charge in [0.15, 0.2) is 0 Å². The minimum Gasteiger partial charge on any atom is -0.497 e. The van der Waals surface area contributed by atoms with Gasteiger partial charge in [0, 0.05) is 40.2 Å². The summed E-state index contributed by atoms with van der Waals surface area (Å²) in [6.07, 6.45) is 7.74. The molecular formula is C26H32ClN3O3S. The predicted molar refractivity (Wildman–Crippen MR) is 138 cm³/mol. The molecule has 182 valence electrons. The van der Waals surface area contributed by atoms with E-state index < -0.39 is 12.2 Å². The minimum atomic E-state index is -0.756. The summed E-state index contributed by atoms with van der Waals surface area (Å²) in [4.78, 5) is 9.67. The zero-order valence-corrected chi connectivity index (χ0v) is 21.0. The van der Waals surface area contributed by atoms with Gasteiger partial charge in [-0.3, -0.25) is 9.97 Å². The summed E-state index contributed by atoms with van der Waals surface area (Å²) in [5.41, 5.74) is 1.22. The molecule has 34 heavy (non-hydrogen) atoms. The molecule has 6 nitrogen and oxygen atoms in total.